The van der Waals surface area contributed by atoms with E-state index < -0.39 is 17.6 Å². The van der Waals surface area contributed by atoms with Gasteiger partial charge in [0.05, 0.1) is 19.8 Å². The summed E-state index contributed by atoms with van der Waals surface area (Å²) in [4.78, 5) is 23.7. The number of methoxy groups -OCH3 is 1. The zero-order chi connectivity index (χ0) is 19.2. The summed E-state index contributed by atoms with van der Waals surface area (Å²) in [5.41, 5.74) is 5.85. The molecule has 140 valence electrons. The van der Waals surface area contributed by atoms with Crippen LogP contribution >= 0.6 is 0 Å². The lowest BCUT2D eigenvalue weighted by atomic mass is 10.1. The van der Waals surface area contributed by atoms with Crippen LogP contribution in [-0.2, 0) is 16.0 Å². The van der Waals surface area contributed by atoms with Gasteiger partial charge in [-0.15, -0.1) is 0 Å². The number of benzene rings is 2. The van der Waals surface area contributed by atoms with Gasteiger partial charge in [-0.3, -0.25) is 20.4 Å². The Bertz CT molecular complexity index is 952. The van der Waals surface area contributed by atoms with Crippen LogP contribution in [0, 0.1) is 5.82 Å². The van der Waals surface area contributed by atoms with Crippen LogP contribution in [0.3, 0.4) is 0 Å². The molecule has 2 N–H and O–H groups in total. The van der Waals surface area contributed by atoms with Crippen molar-refractivity contribution in [2.45, 2.75) is 6.42 Å². The number of nitrogens with one attached hydrogen (secondary N) is 2. The number of carbonyl (C=O) groups excluding carboxylic acids is 2. The van der Waals surface area contributed by atoms with Gasteiger partial charge in [-0.2, -0.15) is 0 Å². The van der Waals surface area contributed by atoms with Gasteiger partial charge < -0.3 is 13.9 Å². The van der Waals surface area contributed by atoms with Crippen molar-refractivity contribution in [3.63, 3.8) is 0 Å². The van der Waals surface area contributed by atoms with Crippen LogP contribution in [0.5, 0.6) is 11.5 Å². The molecule has 27 heavy (non-hydrogen) atoms. The highest BCUT2D eigenvalue weighted by molar-refractivity contribution is 5.89. The van der Waals surface area contributed by atoms with Gasteiger partial charge in [0.2, 0.25) is 5.91 Å². The number of amides is 2. The van der Waals surface area contributed by atoms with Gasteiger partial charge in [0.25, 0.3) is 5.91 Å². The molecule has 2 aromatic carbocycles. The van der Waals surface area contributed by atoms with Gasteiger partial charge in [-0.25, -0.2) is 4.39 Å². The van der Waals surface area contributed by atoms with Crippen molar-refractivity contribution in [1.29, 1.82) is 0 Å². The molecule has 0 aliphatic heterocycles. The van der Waals surface area contributed by atoms with Crippen LogP contribution < -0.4 is 20.3 Å². The molecule has 3 rings (SSSR count). The number of hydrogen-bond donors (Lipinski definition) is 2. The number of ether oxygens (including phenoxy) is 2. The maximum Gasteiger partial charge on any atom is 0.276 e. The minimum Gasteiger partial charge on any atom is -0.497 e. The van der Waals surface area contributed by atoms with Gasteiger partial charge in [0.15, 0.2) is 6.61 Å². The fraction of sp³-hybridized carbons (Fsp3) is 0.158. The van der Waals surface area contributed by atoms with E-state index in [0.29, 0.717) is 22.6 Å². The van der Waals surface area contributed by atoms with Gasteiger partial charge >= 0.3 is 0 Å². The second-order valence-electron chi connectivity index (χ2n) is 5.64. The number of halogens is 1. The molecule has 0 radical (unpaired) electrons. The maximum absolute atomic E-state index is 12.8. The summed E-state index contributed by atoms with van der Waals surface area (Å²) >= 11 is 0. The number of hydrogen-bond acceptors (Lipinski definition) is 5. The Balaban J connectivity index is 1.48. The minimum absolute atomic E-state index is 0.0262. The third-order valence-corrected chi connectivity index (χ3v) is 3.74. The van der Waals surface area contributed by atoms with Crippen LogP contribution in [0.15, 0.2) is 53.1 Å². The van der Waals surface area contributed by atoms with Crippen molar-refractivity contribution in [2.75, 3.05) is 13.7 Å². The molecule has 0 atom stereocenters. The standard InChI is InChI=1S/C19H17FN2O5/c1-25-15-6-7-16-12(10-27-17(16)9-15)8-18(23)21-22-19(24)11-26-14-4-2-13(20)3-5-14/h2-7,9-10H,8,11H2,1H3,(H,21,23)(H,22,24). The fourth-order valence-electron chi connectivity index (χ4n) is 2.40. The van der Waals surface area contributed by atoms with Crippen molar-refractivity contribution in [2.24, 2.45) is 0 Å². The second kappa shape index (κ2) is 8.22. The van der Waals surface area contributed by atoms with E-state index in [9.17, 15) is 14.0 Å². The van der Waals surface area contributed by atoms with Crippen LogP contribution in [0.4, 0.5) is 4.39 Å². The molecule has 8 heteroatoms. The van der Waals surface area contributed by atoms with E-state index >= 15 is 0 Å². The van der Waals surface area contributed by atoms with E-state index in [0.717, 1.165) is 5.39 Å². The fourth-order valence-corrected chi connectivity index (χ4v) is 2.40. The molecule has 0 aliphatic carbocycles. The third kappa shape index (κ3) is 4.75. The average molecular weight is 372 g/mol. The van der Waals surface area contributed by atoms with Crippen LogP contribution in [0.2, 0.25) is 0 Å². The first-order chi connectivity index (χ1) is 13.0. The summed E-state index contributed by atoms with van der Waals surface area (Å²) in [5, 5.41) is 0.789. The lowest BCUT2D eigenvalue weighted by Gasteiger charge is -2.08. The molecule has 0 aliphatic rings. The summed E-state index contributed by atoms with van der Waals surface area (Å²) < 4.78 is 28.5. The Morgan fingerprint density at radius 1 is 1.04 bits per heavy atom. The van der Waals surface area contributed by atoms with E-state index in [4.69, 9.17) is 13.9 Å². The highest BCUT2D eigenvalue weighted by Gasteiger charge is 2.12. The summed E-state index contributed by atoms with van der Waals surface area (Å²) in [7, 11) is 1.56. The smallest absolute Gasteiger partial charge is 0.276 e. The molecule has 0 saturated heterocycles. The van der Waals surface area contributed by atoms with Crippen molar-refractivity contribution < 1.29 is 27.9 Å². The zero-order valence-electron chi connectivity index (χ0n) is 14.5. The topological polar surface area (TPSA) is 89.8 Å². The molecule has 2 amide bonds. The van der Waals surface area contributed by atoms with Gasteiger partial charge in [-0.05, 0) is 36.4 Å². The monoisotopic (exact) mass is 372 g/mol. The molecule has 7 nitrogen and oxygen atoms in total. The normalized spacial score (nSPS) is 10.4. The molecular weight excluding hydrogens is 355 g/mol. The number of rotatable bonds is 6. The Labute approximate surface area is 154 Å². The van der Waals surface area contributed by atoms with Crippen molar-refractivity contribution in [3.8, 4) is 11.5 Å². The number of furan rings is 1. The minimum atomic E-state index is -0.547. The average Bonchev–Trinajstić information content (AvgIpc) is 3.07. The maximum atomic E-state index is 12.8. The van der Waals surface area contributed by atoms with Crippen LogP contribution in [-0.4, -0.2) is 25.5 Å². The highest BCUT2D eigenvalue weighted by atomic mass is 19.1. The Kier molecular flexibility index (Phi) is 5.55. The molecule has 0 bridgehead atoms. The molecule has 0 saturated carbocycles. The SMILES string of the molecule is COc1ccc2c(CC(=O)NNC(=O)COc3ccc(F)cc3)coc2c1. The van der Waals surface area contributed by atoms with E-state index in [1.165, 1.54) is 30.5 Å². The van der Waals surface area contributed by atoms with E-state index in [2.05, 4.69) is 10.9 Å². The van der Waals surface area contributed by atoms with E-state index in [-0.39, 0.29) is 13.0 Å². The molecule has 3 aromatic rings. The largest absolute Gasteiger partial charge is 0.497 e. The first-order valence-electron chi connectivity index (χ1n) is 8.05. The number of hydrazine groups is 1. The molecular formula is C19H17FN2O5. The summed E-state index contributed by atoms with van der Waals surface area (Å²) in [6.45, 7) is -0.319. The lowest BCUT2D eigenvalue weighted by molar-refractivity contribution is -0.129. The van der Waals surface area contributed by atoms with Crippen molar-refractivity contribution in [1.82, 2.24) is 10.9 Å². The summed E-state index contributed by atoms with van der Waals surface area (Å²) in [6, 6.07) is 10.6. The Hall–Kier alpha value is -3.55. The number of fused-ring (bicyclic) bond motifs is 1. The van der Waals surface area contributed by atoms with Crippen LogP contribution in [0.1, 0.15) is 5.56 Å². The van der Waals surface area contributed by atoms with Gasteiger partial charge in [-0.1, -0.05) is 0 Å². The predicted molar refractivity (Wildman–Crippen MR) is 94.7 cm³/mol. The molecule has 1 aromatic heterocycles. The summed E-state index contributed by atoms with van der Waals surface area (Å²) in [6.07, 6.45) is 1.52. The lowest BCUT2D eigenvalue weighted by Crippen LogP contribution is -2.44. The predicted octanol–water partition coefficient (Wildman–Crippen LogP) is 2.35. The third-order valence-electron chi connectivity index (χ3n) is 3.74. The first kappa shape index (κ1) is 18.2. The van der Waals surface area contributed by atoms with Gasteiger partial charge in [0.1, 0.15) is 22.9 Å². The number of carbonyl (C=O) groups is 2. The zero-order valence-corrected chi connectivity index (χ0v) is 14.5. The Morgan fingerprint density at radius 2 is 1.74 bits per heavy atom. The molecule has 0 fully saturated rings. The molecule has 0 unspecified atom stereocenters. The summed E-state index contributed by atoms with van der Waals surface area (Å²) in [5.74, 6) is -0.359. The van der Waals surface area contributed by atoms with Crippen LogP contribution in [0.25, 0.3) is 11.0 Å². The molecule has 0 spiro atoms. The van der Waals surface area contributed by atoms with Crippen molar-refractivity contribution >= 4 is 22.8 Å². The molecule has 1 heterocycles. The second-order valence-corrected chi connectivity index (χ2v) is 5.64. The van der Waals surface area contributed by atoms with Crippen molar-refractivity contribution in [3.05, 3.63) is 60.1 Å². The van der Waals surface area contributed by atoms with E-state index in [1.807, 2.05) is 0 Å². The highest BCUT2D eigenvalue weighted by Crippen LogP contribution is 2.25. The van der Waals surface area contributed by atoms with E-state index in [1.54, 1.807) is 25.3 Å². The van der Waals surface area contributed by atoms with Gasteiger partial charge in [0, 0.05) is 17.0 Å². The quantitative estimate of drug-likeness (QED) is 0.649. The Morgan fingerprint density at radius 3 is 2.48 bits per heavy atom. The first-order valence-corrected chi connectivity index (χ1v) is 8.05.